The Bertz CT molecular complexity index is 402. The fourth-order valence-corrected chi connectivity index (χ4v) is 2.73. The van der Waals surface area contributed by atoms with E-state index in [2.05, 4.69) is 11.9 Å². The van der Waals surface area contributed by atoms with Crippen LogP contribution in [0.25, 0.3) is 0 Å². The summed E-state index contributed by atoms with van der Waals surface area (Å²) >= 11 is 0. The SMILES string of the molecule is COc1cccc(OCC(CO)C2CCN(C)CC2)c1. The first-order valence-electron chi connectivity index (χ1n) is 7.29. The van der Waals surface area contributed by atoms with Gasteiger partial charge in [0.25, 0.3) is 0 Å². The van der Waals surface area contributed by atoms with Crippen molar-refractivity contribution in [2.45, 2.75) is 12.8 Å². The highest BCUT2D eigenvalue weighted by atomic mass is 16.5. The molecule has 0 bridgehead atoms. The van der Waals surface area contributed by atoms with Crippen LogP contribution < -0.4 is 9.47 Å². The van der Waals surface area contributed by atoms with E-state index in [1.165, 1.54) is 0 Å². The van der Waals surface area contributed by atoms with Crippen LogP contribution in [0.3, 0.4) is 0 Å². The average molecular weight is 279 g/mol. The molecule has 1 fully saturated rings. The van der Waals surface area contributed by atoms with Gasteiger partial charge in [-0.05, 0) is 51.0 Å². The lowest BCUT2D eigenvalue weighted by atomic mass is 9.85. The van der Waals surface area contributed by atoms with Crippen LogP contribution in [0, 0.1) is 11.8 Å². The zero-order valence-electron chi connectivity index (χ0n) is 12.4. The fourth-order valence-electron chi connectivity index (χ4n) is 2.73. The van der Waals surface area contributed by atoms with Gasteiger partial charge in [0.05, 0.1) is 13.7 Å². The van der Waals surface area contributed by atoms with E-state index in [0.29, 0.717) is 12.5 Å². The summed E-state index contributed by atoms with van der Waals surface area (Å²) in [6.45, 7) is 2.98. The second-order valence-corrected chi connectivity index (χ2v) is 5.57. The minimum atomic E-state index is 0.193. The lowest BCUT2D eigenvalue weighted by Gasteiger charge is -2.33. The van der Waals surface area contributed by atoms with E-state index in [1.807, 2.05) is 24.3 Å². The topological polar surface area (TPSA) is 41.9 Å². The van der Waals surface area contributed by atoms with Gasteiger partial charge in [-0.25, -0.2) is 0 Å². The molecule has 112 valence electrons. The first kappa shape index (κ1) is 15.1. The van der Waals surface area contributed by atoms with E-state index in [4.69, 9.17) is 9.47 Å². The molecule has 1 N–H and O–H groups in total. The van der Waals surface area contributed by atoms with Crippen LogP contribution >= 0.6 is 0 Å². The van der Waals surface area contributed by atoms with Crippen molar-refractivity contribution >= 4 is 0 Å². The first-order valence-corrected chi connectivity index (χ1v) is 7.29. The maximum absolute atomic E-state index is 9.60. The Morgan fingerprint density at radius 2 is 2.00 bits per heavy atom. The van der Waals surface area contributed by atoms with Crippen molar-refractivity contribution < 1.29 is 14.6 Å². The van der Waals surface area contributed by atoms with Gasteiger partial charge < -0.3 is 19.5 Å². The van der Waals surface area contributed by atoms with Crippen molar-refractivity contribution in [3.05, 3.63) is 24.3 Å². The highest BCUT2D eigenvalue weighted by Crippen LogP contribution is 2.26. The molecule has 1 aromatic carbocycles. The molecule has 1 unspecified atom stereocenters. The number of rotatable bonds is 6. The number of aliphatic hydroxyl groups is 1. The highest BCUT2D eigenvalue weighted by Gasteiger charge is 2.25. The number of piperidine rings is 1. The maximum atomic E-state index is 9.60. The number of likely N-dealkylation sites (tertiary alicyclic amines) is 1. The van der Waals surface area contributed by atoms with E-state index >= 15 is 0 Å². The number of benzene rings is 1. The fraction of sp³-hybridized carbons (Fsp3) is 0.625. The van der Waals surface area contributed by atoms with Crippen molar-refractivity contribution in [1.29, 1.82) is 0 Å². The van der Waals surface area contributed by atoms with Crippen molar-refractivity contribution in [2.75, 3.05) is 40.5 Å². The Morgan fingerprint density at radius 3 is 2.65 bits per heavy atom. The number of nitrogens with zero attached hydrogens (tertiary/aromatic N) is 1. The number of ether oxygens (including phenoxy) is 2. The molecular weight excluding hydrogens is 254 g/mol. The molecule has 1 aliphatic rings. The molecule has 0 amide bonds. The summed E-state index contributed by atoms with van der Waals surface area (Å²) in [7, 11) is 3.80. The Hall–Kier alpha value is -1.26. The zero-order chi connectivity index (χ0) is 14.4. The van der Waals surface area contributed by atoms with E-state index in [1.54, 1.807) is 7.11 Å². The number of hydrogen-bond donors (Lipinski definition) is 1. The summed E-state index contributed by atoms with van der Waals surface area (Å²) in [5.41, 5.74) is 0. The van der Waals surface area contributed by atoms with E-state index < -0.39 is 0 Å². The van der Waals surface area contributed by atoms with Gasteiger partial charge in [0.15, 0.2) is 0 Å². The molecule has 1 aliphatic heterocycles. The molecule has 20 heavy (non-hydrogen) atoms. The molecule has 0 aromatic heterocycles. The summed E-state index contributed by atoms with van der Waals surface area (Å²) < 4.78 is 11.0. The lowest BCUT2D eigenvalue weighted by molar-refractivity contribution is 0.0808. The molecule has 0 saturated carbocycles. The van der Waals surface area contributed by atoms with Gasteiger partial charge in [0.2, 0.25) is 0 Å². The predicted octanol–water partition coefficient (Wildman–Crippen LogP) is 2.02. The standard InChI is InChI=1S/C16H25NO3/c1-17-8-6-13(7-9-17)14(11-18)12-20-16-5-3-4-15(10-16)19-2/h3-5,10,13-14,18H,6-9,11-12H2,1-2H3. The molecule has 4 heteroatoms. The molecule has 0 spiro atoms. The van der Waals surface area contributed by atoms with Crippen molar-refractivity contribution in [3.63, 3.8) is 0 Å². The molecule has 0 aliphatic carbocycles. The Balaban J connectivity index is 1.86. The molecule has 0 radical (unpaired) electrons. The average Bonchev–Trinajstić information content (AvgIpc) is 2.50. The van der Waals surface area contributed by atoms with Crippen LogP contribution in [0.4, 0.5) is 0 Å². The van der Waals surface area contributed by atoms with E-state index in [9.17, 15) is 5.11 Å². The largest absolute Gasteiger partial charge is 0.497 e. The van der Waals surface area contributed by atoms with Gasteiger partial charge in [-0.3, -0.25) is 0 Å². The minimum absolute atomic E-state index is 0.193. The third-order valence-corrected chi connectivity index (χ3v) is 4.17. The zero-order valence-corrected chi connectivity index (χ0v) is 12.4. The summed E-state index contributed by atoms with van der Waals surface area (Å²) in [5, 5.41) is 9.60. The van der Waals surface area contributed by atoms with Crippen molar-refractivity contribution in [3.8, 4) is 11.5 Å². The van der Waals surface area contributed by atoms with Gasteiger partial charge >= 0.3 is 0 Å². The van der Waals surface area contributed by atoms with Crippen LogP contribution in [0.5, 0.6) is 11.5 Å². The second kappa shape index (κ2) is 7.50. The van der Waals surface area contributed by atoms with Gasteiger partial charge in [-0.15, -0.1) is 0 Å². The van der Waals surface area contributed by atoms with E-state index in [-0.39, 0.29) is 12.5 Å². The van der Waals surface area contributed by atoms with Crippen LogP contribution in [0.15, 0.2) is 24.3 Å². The van der Waals surface area contributed by atoms with Crippen molar-refractivity contribution in [1.82, 2.24) is 4.90 Å². The summed E-state index contributed by atoms with van der Waals surface area (Å²) in [4.78, 5) is 2.34. The Morgan fingerprint density at radius 1 is 1.30 bits per heavy atom. The minimum Gasteiger partial charge on any atom is -0.497 e. The van der Waals surface area contributed by atoms with Gasteiger partial charge in [-0.1, -0.05) is 6.07 Å². The normalized spacial score (nSPS) is 18.8. The molecule has 4 nitrogen and oxygen atoms in total. The summed E-state index contributed by atoms with van der Waals surface area (Å²) in [6, 6.07) is 7.61. The highest BCUT2D eigenvalue weighted by molar-refractivity contribution is 5.32. The third kappa shape index (κ3) is 4.12. The molecule has 2 rings (SSSR count). The predicted molar refractivity (Wildman–Crippen MR) is 79.3 cm³/mol. The van der Waals surface area contributed by atoms with Crippen LogP contribution in [0.2, 0.25) is 0 Å². The maximum Gasteiger partial charge on any atom is 0.123 e. The van der Waals surface area contributed by atoms with Crippen LogP contribution in [-0.4, -0.2) is 50.5 Å². The number of aliphatic hydroxyl groups excluding tert-OH is 1. The second-order valence-electron chi connectivity index (χ2n) is 5.57. The molecule has 1 saturated heterocycles. The number of hydrogen-bond acceptors (Lipinski definition) is 4. The van der Waals surface area contributed by atoms with Gasteiger partial charge in [0.1, 0.15) is 11.5 Å². The van der Waals surface area contributed by atoms with Crippen LogP contribution in [-0.2, 0) is 0 Å². The first-order chi connectivity index (χ1) is 9.72. The molecule has 1 heterocycles. The Labute approximate surface area is 121 Å². The van der Waals surface area contributed by atoms with Gasteiger partial charge in [0, 0.05) is 18.6 Å². The monoisotopic (exact) mass is 279 g/mol. The van der Waals surface area contributed by atoms with Crippen LogP contribution in [0.1, 0.15) is 12.8 Å². The molecule has 1 aromatic rings. The number of methoxy groups -OCH3 is 1. The van der Waals surface area contributed by atoms with E-state index in [0.717, 1.165) is 37.4 Å². The summed E-state index contributed by atoms with van der Waals surface area (Å²) in [6.07, 6.45) is 2.28. The quantitative estimate of drug-likeness (QED) is 0.865. The summed E-state index contributed by atoms with van der Waals surface area (Å²) in [5.74, 6) is 2.37. The molecule has 1 atom stereocenters. The third-order valence-electron chi connectivity index (χ3n) is 4.17. The van der Waals surface area contributed by atoms with Gasteiger partial charge in [-0.2, -0.15) is 0 Å². The van der Waals surface area contributed by atoms with Crippen molar-refractivity contribution in [2.24, 2.45) is 11.8 Å². The smallest absolute Gasteiger partial charge is 0.123 e. The lowest BCUT2D eigenvalue weighted by Crippen LogP contribution is -2.36. The molecular formula is C16H25NO3. The Kier molecular flexibility index (Phi) is 5.68.